The molecule has 0 aliphatic carbocycles. The van der Waals surface area contributed by atoms with Gasteiger partial charge in [0.25, 0.3) is 0 Å². The average molecular weight is 283 g/mol. The van der Waals surface area contributed by atoms with E-state index in [0.717, 1.165) is 29.3 Å². The van der Waals surface area contributed by atoms with Gasteiger partial charge in [0, 0.05) is 6.54 Å². The van der Waals surface area contributed by atoms with E-state index in [0.29, 0.717) is 0 Å². The summed E-state index contributed by atoms with van der Waals surface area (Å²) in [6.07, 6.45) is -4.48. The van der Waals surface area contributed by atoms with Gasteiger partial charge in [0.1, 0.15) is 5.82 Å². The summed E-state index contributed by atoms with van der Waals surface area (Å²) in [6, 6.07) is 9.80. The van der Waals surface area contributed by atoms with Crippen LogP contribution in [0.1, 0.15) is 16.7 Å². The van der Waals surface area contributed by atoms with Crippen molar-refractivity contribution < 1.29 is 17.6 Å². The Morgan fingerprint density at radius 2 is 1.80 bits per heavy atom. The first kappa shape index (κ1) is 14.4. The van der Waals surface area contributed by atoms with Crippen LogP contribution in [0, 0.1) is 12.7 Å². The van der Waals surface area contributed by atoms with Gasteiger partial charge in [-0.25, -0.2) is 4.39 Å². The van der Waals surface area contributed by atoms with Gasteiger partial charge >= 0.3 is 6.18 Å². The number of halogens is 4. The summed E-state index contributed by atoms with van der Waals surface area (Å²) in [7, 11) is 0. The normalized spacial score (nSPS) is 11.4. The first-order chi connectivity index (χ1) is 9.36. The molecule has 0 aromatic heterocycles. The summed E-state index contributed by atoms with van der Waals surface area (Å²) in [5.74, 6) is -0.703. The third-order valence-electron chi connectivity index (χ3n) is 2.86. The highest BCUT2D eigenvalue weighted by molar-refractivity contribution is 5.48. The monoisotopic (exact) mass is 283 g/mol. The molecule has 5 heteroatoms. The number of rotatable bonds is 3. The number of alkyl halides is 3. The predicted octanol–water partition coefficient (Wildman–Crippen LogP) is 4.77. The molecule has 0 atom stereocenters. The van der Waals surface area contributed by atoms with Crippen LogP contribution in [0.5, 0.6) is 0 Å². The summed E-state index contributed by atoms with van der Waals surface area (Å²) in [5.41, 5.74) is 0.891. The van der Waals surface area contributed by atoms with Crippen LogP contribution >= 0.6 is 0 Å². The zero-order valence-electron chi connectivity index (χ0n) is 10.8. The van der Waals surface area contributed by atoms with Crippen LogP contribution in [0.4, 0.5) is 23.2 Å². The zero-order valence-corrected chi connectivity index (χ0v) is 10.8. The Morgan fingerprint density at radius 3 is 2.45 bits per heavy atom. The second kappa shape index (κ2) is 5.53. The molecular formula is C15H13F4N. The summed E-state index contributed by atoms with van der Waals surface area (Å²) < 4.78 is 51.2. The minimum Gasteiger partial charge on any atom is -0.379 e. The van der Waals surface area contributed by atoms with E-state index in [1.54, 1.807) is 0 Å². The van der Waals surface area contributed by atoms with Crippen LogP contribution in [0.2, 0.25) is 0 Å². The number of anilines is 1. The van der Waals surface area contributed by atoms with Crippen LogP contribution in [0.3, 0.4) is 0 Å². The van der Waals surface area contributed by atoms with E-state index in [4.69, 9.17) is 0 Å². The van der Waals surface area contributed by atoms with E-state index in [-0.39, 0.29) is 12.2 Å². The van der Waals surface area contributed by atoms with Crippen LogP contribution in [0.15, 0.2) is 42.5 Å². The Hall–Kier alpha value is -2.04. The second-order valence-electron chi connectivity index (χ2n) is 4.53. The van der Waals surface area contributed by atoms with Gasteiger partial charge in [0.2, 0.25) is 0 Å². The summed E-state index contributed by atoms with van der Waals surface area (Å²) in [5, 5.41) is 2.69. The highest BCUT2D eigenvalue weighted by Gasteiger charge is 2.31. The summed E-state index contributed by atoms with van der Waals surface area (Å²) >= 11 is 0. The molecule has 0 heterocycles. The molecule has 2 aromatic carbocycles. The van der Waals surface area contributed by atoms with Gasteiger partial charge in [0.05, 0.1) is 11.3 Å². The largest absolute Gasteiger partial charge is 0.416 e. The molecule has 0 amide bonds. The molecule has 0 saturated carbocycles. The first-order valence-electron chi connectivity index (χ1n) is 6.02. The number of hydrogen-bond acceptors (Lipinski definition) is 1. The maximum atomic E-state index is 13.5. The van der Waals surface area contributed by atoms with Crippen molar-refractivity contribution in [3.8, 4) is 0 Å². The smallest absolute Gasteiger partial charge is 0.379 e. The highest BCUT2D eigenvalue weighted by Crippen LogP contribution is 2.31. The lowest BCUT2D eigenvalue weighted by atomic mass is 10.1. The molecule has 0 aliphatic heterocycles. The van der Waals surface area contributed by atoms with Crippen molar-refractivity contribution in [2.75, 3.05) is 5.32 Å². The number of aryl methyl sites for hydroxylation is 1. The van der Waals surface area contributed by atoms with Crippen molar-refractivity contribution in [1.29, 1.82) is 0 Å². The summed E-state index contributed by atoms with van der Waals surface area (Å²) in [4.78, 5) is 0. The van der Waals surface area contributed by atoms with Crippen molar-refractivity contribution in [1.82, 2.24) is 0 Å². The van der Waals surface area contributed by atoms with E-state index in [1.165, 1.54) is 0 Å². The Morgan fingerprint density at radius 1 is 1.05 bits per heavy atom. The molecular weight excluding hydrogens is 270 g/mol. The number of nitrogens with one attached hydrogen (secondary N) is 1. The number of hydrogen-bond donors (Lipinski definition) is 1. The molecule has 2 aromatic rings. The highest BCUT2D eigenvalue weighted by atomic mass is 19.4. The topological polar surface area (TPSA) is 12.0 Å². The average Bonchev–Trinajstić information content (AvgIpc) is 2.36. The Bertz CT molecular complexity index is 605. The van der Waals surface area contributed by atoms with Gasteiger partial charge in [-0.05, 0) is 30.7 Å². The van der Waals surface area contributed by atoms with Crippen molar-refractivity contribution in [2.45, 2.75) is 19.6 Å². The van der Waals surface area contributed by atoms with Crippen molar-refractivity contribution in [3.63, 3.8) is 0 Å². The molecule has 0 spiro atoms. The molecule has 0 saturated heterocycles. The lowest BCUT2D eigenvalue weighted by molar-refractivity contribution is -0.137. The van der Waals surface area contributed by atoms with Gasteiger partial charge in [-0.3, -0.25) is 0 Å². The van der Waals surface area contributed by atoms with E-state index >= 15 is 0 Å². The third-order valence-corrected chi connectivity index (χ3v) is 2.86. The molecule has 0 unspecified atom stereocenters. The Balaban J connectivity index is 2.17. The lowest BCUT2D eigenvalue weighted by Crippen LogP contribution is -2.08. The molecule has 0 fully saturated rings. The minimum absolute atomic E-state index is 0.152. The Kier molecular flexibility index (Phi) is 3.97. The molecule has 1 nitrogen and oxygen atoms in total. The minimum atomic E-state index is -4.48. The molecule has 2 rings (SSSR count). The molecule has 0 aliphatic rings. The molecule has 0 bridgehead atoms. The van der Waals surface area contributed by atoms with Gasteiger partial charge in [-0.2, -0.15) is 13.2 Å². The fourth-order valence-corrected chi connectivity index (χ4v) is 1.86. The second-order valence-corrected chi connectivity index (χ2v) is 4.53. The zero-order chi connectivity index (χ0) is 14.8. The van der Waals surface area contributed by atoms with Gasteiger partial charge < -0.3 is 5.32 Å². The maximum Gasteiger partial charge on any atom is 0.416 e. The Labute approximate surface area is 114 Å². The molecule has 106 valence electrons. The van der Waals surface area contributed by atoms with Gasteiger partial charge in [0.15, 0.2) is 0 Å². The van der Waals surface area contributed by atoms with E-state index in [9.17, 15) is 17.6 Å². The van der Waals surface area contributed by atoms with Crippen LogP contribution < -0.4 is 5.32 Å². The first-order valence-corrected chi connectivity index (χ1v) is 6.02. The SMILES string of the molecule is Cc1cccc(CNc2cc(C(F)(F)F)ccc2F)c1. The lowest BCUT2D eigenvalue weighted by Gasteiger charge is -2.12. The van der Waals surface area contributed by atoms with Crippen molar-refractivity contribution in [2.24, 2.45) is 0 Å². The van der Waals surface area contributed by atoms with Gasteiger partial charge in [-0.15, -0.1) is 0 Å². The fourth-order valence-electron chi connectivity index (χ4n) is 1.86. The fraction of sp³-hybridized carbons (Fsp3) is 0.200. The van der Waals surface area contributed by atoms with Gasteiger partial charge in [-0.1, -0.05) is 29.8 Å². The van der Waals surface area contributed by atoms with Crippen molar-refractivity contribution >= 4 is 5.69 Å². The van der Waals surface area contributed by atoms with Crippen LogP contribution in [-0.2, 0) is 12.7 Å². The predicted molar refractivity (Wildman–Crippen MR) is 69.9 cm³/mol. The van der Waals surface area contributed by atoms with E-state index in [1.807, 2.05) is 31.2 Å². The standard InChI is InChI=1S/C15H13F4N/c1-10-3-2-4-11(7-10)9-20-14-8-12(15(17,18)19)5-6-13(14)16/h2-8,20H,9H2,1H3. The van der Waals surface area contributed by atoms with Crippen LogP contribution in [-0.4, -0.2) is 0 Å². The van der Waals surface area contributed by atoms with Crippen LogP contribution in [0.25, 0.3) is 0 Å². The summed E-state index contributed by atoms with van der Waals surface area (Å²) in [6.45, 7) is 2.17. The van der Waals surface area contributed by atoms with E-state index in [2.05, 4.69) is 5.32 Å². The molecule has 1 N–H and O–H groups in total. The van der Waals surface area contributed by atoms with E-state index < -0.39 is 17.6 Å². The molecule has 20 heavy (non-hydrogen) atoms. The number of benzene rings is 2. The quantitative estimate of drug-likeness (QED) is 0.800. The third kappa shape index (κ3) is 3.50. The maximum absolute atomic E-state index is 13.5. The molecule has 0 radical (unpaired) electrons. The van der Waals surface area contributed by atoms with Crippen molar-refractivity contribution in [3.05, 3.63) is 65.0 Å².